The second-order valence-corrected chi connectivity index (χ2v) is 13.1. The number of allylic oxidation sites excluding steroid dienone is 1. The largest absolute Gasteiger partial charge is 0.511 e. The van der Waals surface area contributed by atoms with Crippen LogP contribution in [0, 0.1) is 23.7 Å². The van der Waals surface area contributed by atoms with Crippen molar-refractivity contribution < 1.29 is 57.1 Å². The molecule has 5 N–H and O–H groups in total. The highest BCUT2D eigenvalue weighted by atomic mass is 19.4. The van der Waals surface area contributed by atoms with E-state index < -0.39 is 46.3 Å². The number of esters is 1. The molecular weight excluding hydrogens is 747 g/mol. The van der Waals surface area contributed by atoms with Gasteiger partial charge in [0.2, 0.25) is 5.91 Å². The third-order valence-electron chi connectivity index (χ3n) is 9.31. The minimum absolute atomic E-state index is 0.0643. The van der Waals surface area contributed by atoms with E-state index in [1.54, 1.807) is 36.4 Å². The average Bonchev–Trinajstić information content (AvgIpc) is 3.45. The smallest absolute Gasteiger partial charge is 0.419 e. The Kier molecular flexibility index (Phi) is 11.3. The molecule has 4 aromatic carbocycles. The van der Waals surface area contributed by atoms with E-state index >= 15 is 0 Å². The highest BCUT2D eigenvalue weighted by Crippen LogP contribution is 2.57. The van der Waals surface area contributed by atoms with E-state index in [1.165, 1.54) is 24.3 Å². The van der Waals surface area contributed by atoms with Crippen LogP contribution in [0.25, 0.3) is 0 Å². The summed E-state index contributed by atoms with van der Waals surface area (Å²) in [7, 11) is 0. The zero-order valence-electron chi connectivity index (χ0n) is 30.0. The summed E-state index contributed by atoms with van der Waals surface area (Å²) in [6.45, 7) is -0.0311. The average molecular weight is 782 g/mol. The van der Waals surface area contributed by atoms with Crippen molar-refractivity contribution in [1.82, 2.24) is 5.32 Å². The van der Waals surface area contributed by atoms with Gasteiger partial charge in [-0.2, -0.15) is 18.4 Å². The summed E-state index contributed by atoms with van der Waals surface area (Å²) in [6, 6.07) is 18.2. The third kappa shape index (κ3) is 8.28. The number of hydrogen-bond donors (Lipinski definition) is 5. The number of unbranched alkanes of at least 4 members (excludes halogenated alkanes) is 2. The first-order valence-electron chi connectivity index (χ1n) is 17.6. The van der Waals surface area contributed by atoms with Crippen molar-refractivity contribution in [2.24, 2.45) is 0 Å². The number of rotatable bonds is 13. The van der Waals surface area contributed by atoms with Crippen LogP contribution in [0.5, 0.6) is 28.7 Å². The number of nitrogens with one attached hydrogen (secondary N) is 2. The second kappa shape index (κ2) is 16.3. The second-order valence-electron chi connectivity index (χ2n) is 13.1. The van der Waals surface area contributed by atoms with Gasteiger partial charge in [0.25, 0.3) is 5.91 Å². The Morgan fingerprint density at radius 1 is 0.895 bits per heavy atom. The Labute approximate surface area is 324 Å². The molecule has 0 fully saturated rings. The highest BCUT2D eigenvalue weighted by Gasteiger charge is 2.53. The number of phenolic OH excluding ortho intramolecular Hbond substituents is 2. The maximum atomic E-state index is 13.7. The van der Waals surface area contributed by atoms with Gasteiger partial charge in [0.15, 0.2) is 11.2 Å². The first kappa shape index (κ1) is 39.6. The van der Waals surface area contributed by atoms with Crippen LogP contribution >= 0.6 is 0 Å². The lowest BCUT2D eigenvalue weighted by molar-refractivity contribution is -0.139. The van der Waals surface area contributed by atoms with Crippen LogP contribution in [0.1, 0.15) is 76.7 Å². The number of carbonyl (C=O) groups excluding carboxylic acids is 3. The number of aliphatic hydroxyl groups excluding tert-OH is 1. The van der Waals surface area contributed by atoms with Crippen LogP contribution in [0.4, 0.5) is 18.9 Å². The van der Waals surface area contributed by atoms with Gasteiger partial charge in [0.05, 0.1) is 17.7 Å². The number of carbonyl (C=O) groups is 3. The van der Waals surface area contributed by atoms with E-state index in [-0.39, 0.29) is 67.0 Å². The number of ether oxygens (including phenoxy) is 3. The maximum Gasteiger partial charge on any atom is 0.419 e. The van der Waals surface area contributed by atoms with Crippen molar-refractivity contribution in [1.29, 1.82) is 5.26 Å². The SMILES string of the molecule is C#CCC/C(O)=C(\C#N)C(=O)Nc1ccc(C(F)(F)F)c(OCCCCCC(=O)NCc2ccc3c(c2)C2(OC3=O)c3ccc(O)cc3Oc3cc(O)ccc32)c1. The molecule has 6 rings (SSSR count). The summed E-state index contributed by atoms with van der Waals surface area (Å²) in [5.41, 5.74) is -0.908. The van der Waals surface area contributed by atoms with Crippen LogP contribution in [0.2, 0.25) is 0 Å². The molecule has 2 aliphatic heterocycles. The summed E-state index contributed by atoms with van der Waals surface area (Å²) in [5, 5.41) is 44.8. The first-order valence-corrected chi connectivity index (χ1v) is 17.6. The molecule has 12 nitrogen and oxygen atoms in total. The number of fused-ring (bicyclic) bond motifs is 6. The predicted octanol–water partition coefficient (Wildman–Crippen LogP) is 7.63. The number of benzene rings is 4. The molecular formula is C42H34F3N3O9. The molecule has 0 unspecified atom stereocenters. The van der Waals surface area contributed by atoms with E-state index in [0.717, 1.165) is 18.2 Å². The Bertz CT molecular complexity index is 2330. The van der Waals surface area contributed by atoms with Crippen molar-refractivity contribution >= 4 is 23.5 Å². The number of nitriles is 1. The number of terminal acetylenes is 1. The Balaban J connectivity index is 1.05. The zero-order valence-corrected chi connectivity index (χ0v) is 30.0. The lowest BCUT2D eigenvalue weighted by atomic mass is 9.77. The lowest BCUT2D eigenvalue weighted by Crippen LogP contribution is -2.33. The normalized spacial score (nSPS) is 13.7. The first-order chi connectivity index (χ1) is 27.2. The predicted molar refractivity (Wildman–Crippen MR) is 197 cm³/mol. The molecule has 0 atom stereocenters. The topological polar surface area (TPSA) is 187 Å². The van der Waals surface area contributed by atoms with E-state index in [4.69, 9.17) is 20.6 Å². The quantitative estimate of drug-likeness (QED) is 0.0225. The van der Waals surface area contributed by atoms with Gasteiger partial charge in [-0.1, -0.05) is 6.07 Å². The van der Waals surface area contributed by atoms with E-state index in [0.29, 0.717) is 47.1 Å². The van der Waals surface area contributed by atoms with Crippen molar-refractivity contribution in [3.05, 3.63) is 118 Å². The van der Waals surface area contributed by atoms with Gasteiger partial charge in [0.1, 0.15) is 40.6 Å². The Morgan fingerprint density at radius 3 is 2.25 bits per heavy atom. The van der Waals surface area contributed by atoms with E-state index in [9.17, 15) is 48.1 Å². The molecule has 0 saturated heterocycles. The Morgan fingerprint density at radius 2 is 1.60 bits per heavy atom. The summed E-state index contributed by atoms with van der Waals surface area (Å²) < 4.78 is 58.7. The molecule has 4 aromatic rings. The molecule has 2 heterocycles. The fourth-order valence-electron chi connectivity index (χ4n) is 6.60. The monoisotopic (exact) mass is 781 g/mol. The number of alkyl halides is 3. The number of nitrogens with zero attached hydrogens (tertiary/aromatic N) is 1. The molecule has 0 bridgehead atoms. The van der Waals surface area contributed by atoms with E-state index in [1.807, 2.05) is 0 Å². The number of hydrogen-bond acceptors (Lipinski definition) is 10. The minimum atomic E-state index is -4.77. The summed E-state index contributed by atoms with van der Waals surface area (Å²) in [6.07, 6.45) is 1.55. The molecule has 1 spiro atoms. The fourth-order valence-corrected chi connectivity index (χ4v) is 6.60. The molecule has 292 valence electrons. The van der Waals surface area contributed by atoms with E-state index in [2.05, 4.69) is 16.6 Å². The number of aliphatic hydroxyl groups is 1. The van der Waals surface area contributed by atoms with Crippen molar-refractivity contribution in [2.75, 3.05) is 11.9 Å². The van der Waals surface area contributed by atoms with Gasteiger partial charge in [0, 0.05) is 66.4 Å². The number of phenols is 2. The van der Waals surface area contributed by atoms with Crippen molar-refractivity contribution in [3.63, 3.8) is 0 Å². The van der Waals surface area contributed by atoms with Crippen molar-refractivity contribution in [2.45, 2.75) is 56.8 Å². The number of aromatic hydroxyl groups is 2. The molecule has 15 heteroatoms. The molecule has 0 aromatic heterocycles. The zero-order chi connectivity index (χ0) is 40.9. The van der Waals surface area contributed by atoms with Crippen molar-refractivity contribution in [3.8, 4) is 47.2 Å². The van der Waals surface area contributed by atoms with Gasteiger partial charge >= 0.3 is 12.1 Å². The standard InChI is InChI=1S/C42H34F3N3O9/c1-2-3-7-34(51)29(22-46)39(53)48-25-10-14-32(42(43,44)45)35(19-25)55-17-6-4-5-8-38(52)47-23-24-9-13-28-33(18-24)41(57-40(28)54)30-15-11-26(49)20-36(30)56-37-21-27(50)12-16-31(37)41/h1,9-16,18-21,49-51H,3-8,17,23H2,(H,47,52)(H,48,53)/b34-29-. The van der Waals surface area contributed by atoms with Crippen LogP contribution in [-0.4, -0.2) is 39.7 Å². The van der Waals surface area contributed by atoms with Gasteiger partial charge in [-0.15, -0.1) is 12.3 Å². The maximum absolute atomic E-state index is 13.7. The van der Waals surface area contributed by atoms with Gasteiger partial charge in [-0.25, -0.2) is 4.79 Å². The van der Waals surface area contributed by atoms with Gasteiger partial charge < -0.3 is 40.2 Å². The van der Waals surface area contributed by atoms with Crippen LogP contribution in [0.15, 0.2) is 84.1 Å². The number of anilines is 1. The molecule has 0 saturated carbocycles. The lowest BCUT2D eigenvalue weighted by Gasteiger charge is -2.36. The summed E-state index contributed by atoms with van der Waals surface area (Å²) >= 11 is 0. The number of amides is 2. The molecule has 57 heavy (non-hydrogen) atoms. The molecule has 2 aliphatic rings. The van der Waals surface area contributed by atoms with Gasteiger partial charge in [-0.05, 0) is 73.4 Å². The summed E-state index contributed by atoms with van der Waals surface area (Å²) in [5.74, 6) is -0.435. The summed E-state index contributed by atoms with van der Waals surface area (Å²) in [4.78, 5) is 38.5. The number of halogens is 3. The minimum Gasteiger partial charge on any atom is -0.511 e. The Hall–Kier alpha value is -7.13. The van der Waals surface area contributed by atoms with Crippen LogP contribution in [0.3, 0.4) is 0 Å². The van der Waals surface area contributed by atoms with Gasteiger partial charge in [-0.3, -0.25) is 9.59 Å². The van der Waals surface area contributed by atoms with Crippen LogP contribution < -0.4 is 20.1 Å². The molecule has 0 aliphatic carbocycles. The molecule has 0 radical (unpaired) electrons. The van der Waals surface area contributed by atoms with Crippen LogP contribution in [-0.2, 0) is 32.6 Å². The third-order valence-corrected chi connectivity index (χ3v) is 9.31. The highest BCUT2D eigenvalue weighted by molar-refractivity contribution is 6.07. The fraction of sp³-hybridized carbons (Fsp3) is 0.238. The molecule has 2 amide bonds.